The monoisotopic (exact) mass is 609 g/mol. The molecule has 3 aromatic rings. The molecule has 1 unspecified atom stereocenters. The van der Waals surface area contributed by atoms with Crippen LogP contribution in [0, 0.1) is 5.82 Å². The minimum absolute atomic E-state index is 0.0365. The number of likely N-dealkylation sites (N-methyl/N-ethyl adjacent to an activating group) is 1. The van der Waals surface area contributed by atoms with Crippen molar-refractivity contribution >= 4 is 50.7 Å². The minimum atomic E-state index is -4.30. The smallest absolute Gasteiger partial charge is 0.264 e. The molecule has 40 heavy (non-hydrogen) atoms. The molecule has 0 heterocycles. The van der Waals surface area contributed by atoms with Crippen molar-refractivity contribution in [2.24, 2.45) is 0 Å². The summed E-state index contributed by atoms with van der Waals surface area (Å²) in [5.74, 6) is -1.15. The Morgan fingerprint density at radius 1 is 0.975 bits per heavy atom. The van der Waals surface area contributed by atoms with E-state index in [4.69, 9.17) is 27.9 Å². The Kier molecular flexibility index (Phi) is 10.8. The highest BCUT2D eigenvalue weighted by Crippen LogP contribution is 2.27. The van der Waals surface area contributed by atoms with Gasteiger partial charge in [0.25, 0.3) is 10.0 Å². The molecular weight excluding hydrogens is 580 g/mol. The molecule has 214 valence electrons. The lowest BCUT2D eigenvalue weighted by Crippen LogP contribution is -2.52. The third-order valence-corrected chi connectivity index (χ3v) is 8.64. The van der Waals surface area contributed by atoms with Gasteiger partial charge < -0.3 is 15.0 Å². The third-order valence-electron chi connectivity index (χ3n) is 6.11. The van der Waals surface area contributed by atoms with Gasteiger partial charge in [0.2, 0.25) is 11.8 Å². The first-order chi connectivity index (χ1) is 19.0. The second kappa shape index (κ2) is 13.8. The van der Waals surface area contributed by atoms with Gasteiger partial charge in [0, 0.05) is 13.1 Å². The Labute approximate surface area is 243 Å². The van der Waals surface area contributed by atoms with E-state index in [-0.39, 0.29) is 34.5 Å². The molecule has 12 heteroatoms. The number of hydrogen-bond acceptors (Lipinski definition) is 5. The van der Waals surface area contributed by atoms with Crippen LogP contribution in [-0.4, -0.2) is 51.4 Å². The Morgan fingerprint density at radius 3 is 2.17 bits per heavy atom. The molecule has 1 atom stereocenters. The van der Waals surface area contributed by atoms with Crippen LogP contribution in [0.25, 0.3) is 0 Å². The molecule has 0 spiro atoms. The van der Waals surface area contributed by atoms with E-state index < -0.39 is 34.3 Å². The lowest BCUT2D eigenvalue weighted by Gasteiger charge is -2.33. The first kappa shape index (κ1) is 31.2. The predicted molar refractivity (Wildman–Crippen MR) is 154 cm³/mol. The van der Waals surface area contributed by atoms with Gasteiger partial charge in [0.15, 0.2) is 0 Å². The number of rotatable bonds is 12. The molecule has 0 aliphatic heterocycles. The average molecular weight is 611 g/mol. The summed E-state index contributed by atoms with van der Waals surface area (Å²) in [5.41, 5.74) is 0.669. The van der Waals surface area contributed by atoms with E-state index in [1.807, 2.05) is 0 Å². The maximum atomic E-state index is 13.9. The van der Waals surface area contributed by atoms with E-state index in [9.17, 15) is 22.4 Å². The Bertz CT molecular complexity index is 1440. The molecule has 2 amide bonds. The predicted octanol–water partition coefficient (Wildman–Crippen LogP) is 5.28. The number of sulfonamides is 1. The number of halogens is 3. The number of nitrogens with one attached hydrogen (secondary N) is 1. The highest BCUT2D eigenvalue weighted by molar-refractivity contribution is 7.92. The van der Waals surface area contributed by atoms with Crippen LogP contribution < -0.4 is 14.4 Å². The summed E-state index contributed by atoms with van der Waals surface area (Å²) >= 11 is 12.2. The van der Waals surface area contributed by atoms with Crippen LogP contribution in [0.1, 0.15) is 25.8 Å². The fourth-order valence-corrected chi connectivity index (χ4v) is 5.79. The van der Waals surface area contributed by atoms with E-state index in [2.05, 4.69) is 5.32 Å². The molecule has 0 fully saturated rings. The number of carbonyl (C=O) groups excluding carboxylic acids is 2. The lowest BCUT2D eigenvalue weighted by molar-refractivity contribution is -0.140. The van der Waals surface area contributed by atoms with Crippen molar-refractivity contribution < 1.29 is 27.1 Å². The standard InChI is InChI=1S/C28H30Cl2FN3O5S/c1-4-26(28(36)32-5-2)33(17-19-6-15-24(29)25(30)16-19)27(35)18-34(21-9-7-20(31)8-10-21)40(37,38)23-13-11-22(39-3)12-14-23/h6-16,26H,4-5,17-18H2,1-3H3,(H,32,36). The third kappa shape index (κ3) is 7.44. The molecule has 0 aliphatic rings. The lowest BCUT2D eigenvalue weighted by atomic mass is 10.1. The quantitative estimate of drug-likeness (QED) is 0.301. The molecule has 0 radical (unpaired) electrons. The number of anilines is 1. The molecule has 3 rings (SSSR count). The van der Waals surface area contributed by atoms with E-state index >= 15 is 0 Å². The summed E-state index contributed by atoms with van der Waals surface area (Å²) in [4.78, 5) is 28.1. The van der Waals surface area contributed by atoms with Crippen LogP contribution in [-0.2, 0) is 26.2 Å². The normalized spacial score (nSPS) is 11.9. The molecule has 0 saturated heterocycles. The second-order valence-electron chi connectivity index (χ2n) is 8.75. The van der Waals surface area contributed by atoms with E-state index in [1.165, 1.54) is 48.4 Å². The van der Waals surface area contributed by atoms with Crippen molar-refractivity contribution in [1.29, 1.82) is 0 Å². The zero-order chi connectivity index (χ0) is 29.4. The highest BCUT2D eigenvalue weighted by atomic mass is 35.5. The summed E-state index contributed by atoms with van der Waals surface area (Å²) in [6.07, 6.45) is 0.265. The van der Waals surface area contributed by atoms with Gasteiger partial charge in [0.05, 0.1) is 27.7 Å². The Balaban J connectivity index is 2.06. The number of carbonyl (C=O) groups is 2. The molecule has 0 aromatic heterocycles. The SMILES string of the molecule is CCNC(=O)C(CC)N(Cc1ccc(Cl)c(Cl)c1)C(=O)CN(c1ccc(F)cc1)S(=O)(=O)c1ccc(OC)cc1. The summed E-state index contributed by atoms with van der Waals surface area (Å²) in [6.45, 7) is 3.16. The van der Waals surface area contributed by atoms with Gasteiger partial charge in [-0.15, -0.1) is 0 Å². The van der Waals surface area contributed by atoms with Crippen LogP contribution >= 0.6 is 23.2 Å². The van der Waals surface area contributed by atoms with Gasteiger partial charge >= 0.3 is 0 Å². The molecular formula is C28H30Cl2FN3O5S. The first-order valence-electron chi connectivity index (χ1n) is 12.4. The van der Waals surface area contributed by atoms with E-state index in [0.717, 1.165) is 16.4 Å². The molecule has 3 aromatic carbocycles. The van der Waals surface area contributed by atoms with Gasteiger partial charge in [-0.2, -0.15) is 0 Å². The van der Waals surface area contributed by atoms with Gasteiger partial charge in [-0.1, -0.05) is 36.2 Å². The summed E-state index contributed by atoms with van der Waals surface area (Å²) < 4.78 is 47.4. The van der Waals surface area contributed by atoms with E-state index in [1.54, 1.807) is 32.0 Å². The van der Waals surface area contributed by atoms with Crippen molar-refractivity contribution in [1.82, 2.24) is 10.2 Å². The summed E-state index contributed by atoms with van der Waals surface area (Å²) in [7, 11) is -2.85. The Morgan fingerprint density at radius 2 is 1.62 bits per heavy atom. The zero-order valence-electron chi connectivity index (χ0n) is 22.2. The number of methoxy groups -OCH3 is 1. The molecule has 1 N–H and O–H groups in total. The van der Waals surface area contributed by atoms with Crippen LogP contribution in [0.5, 0.6) is 5.75 Å². The largest absolute Gasteiger partial charge is 0.497 e. The van der Waals surface area contributed by atoms with Crippen molar-refractivity contribution in [2.75, 3.05) is 24.5 Å². The van der Waals surface area contributed by atoms with Gasteiger partial charge in [-0.25, -0.2) is 12.8 Å². The number of amides is 2. The topological polar surface area (TPSA) is 96.0 Å². The van der Waals surface area contributed by atoms with Gasteiger partial charge in [-0.05, 0) is 79.6 Å². The van der Waals surface area contributed by atoms with Crippen LogP contribution in [0.4, 0.5) is 10.1 Å². The molecule has 0 bridgehead atoms. The second-order valence-corrected chi connectivity index (χ2v) is 11.4. The number of ether oxygens (including phenoxy) is 1. The summed E-state index contributed by atoms with van der Waals surface area (Å²) in [5, 5.41) is 3.33. The zero-order valence-corrected chi connectivity index (χ0v) is 24.6. The maximum absolute atomic E-state index is 13.9. The number of hydrogen-bond donors (Lipinski definition) is 1. The van der Waals surface area contributed by atoms with Crippen LogP contribution in [0.2, 0.25) is 10.0 Å². The fourth-order valence-electron chi connectivity index (χ4n) is 4.06. The fraction of sp³-hybridized carbons (Fsp3) is 0.286. The van der Waals surface area contributed by atoms with Crippen molar-refractivity contribution in [2.45, 2.75) is 37.8 Å². The molecule has 0 aliphatic carbocycles. The van der Waals surface area contributed by atoms with Gasteiger partial charge in [-0.3, -0.25) is 13.9 Å². The van der Waals surface area contributed by atoms with Crippen LogP contribution in [0.15, 0.2) is 71.6 Å². The molecule has 8 nitrogen and oxygen atoms in total. The minimum Gasteiger partial charge on any atom is -0.497 e. The van der Waals surface area contributed by atoms with Crippen molar-refractivity contribution in [3.63, 3.8) is 0 Å². The highest BCUT2D eigenvalue weighted by Gasteiger charge is 2.33. The summed E-state index contributed by atoms with van der Waals surface area (Å²) in [6, 6.07) is 14.4. The first-order valence-corrected chi connectivity index (χ1v) is 14.6. The van der Waals surface area contributed by atoms with E-state index in [0.29, 0.717) is 22.9 Å². The van der Waals surface area contributed by atoms with Crippen molar-refractivity contribution in [3.05, 3.63) is 88.2 Å². The van der Waals surface area contributed by atoms with Gasteiger partial charge in [0.1, 0.15) is 24.2 Å². The van der Waals surface area contributed by atoms with Crippen molar-refractivity contribution in [3.8, 4) is 5.75 Å². The maximum Gasteiger partial charge on any atom is 0.264 e. The molecule has 0 saturated carbocycles. The Hall–Kier alpha value is -3.34. The van der Waals surface area contributed by atoms with Crippen LogP contribution in [0.3, 0.4) is 0 Å². The number of nitrogens with zero attached hydrogens (tertiary/aromatic N) is 2. The average Bonchev–Trinajstić information content (AvgIpc) is 2.94. The number of benzene rings is 3.